The van der Waals surface area contributed by atoms with Gasteiger partial charge in [-0.15, -0.1) is 0 Å². The van der Waals surface area contributed by atoms with Crippen molar-refractivity contribution < 1.29 is 24.4 Å². The summed E-state index contributed by atoms with van der Waals surface area (Å²) in [5.74, 6) is -1.82. The standard InChI is InChI=1S/C19H15N3O6/c1-2-28-17-7-6-12(9-16(17)19(24)25)8-13(11-20)18(23)21-14-4-3-5-15(10-14)22(26)27/h3-10H,2H2,1H3,(H,21,23)(H,24,25)/b13-8+. The Kier molecular flexibility index (Phi) is 6.44. The summed E-state index contributed by atoms with van der Waals surface area (Å²) in [6.07, 6.45) is 1.22. The summed E-state index contributed by atoms with van der Waals surface area (Å²) < 4.78 is 5.24. The highest BCUT2D eigenvalue weighted by atomic mass is 16.6. The van der Waals surface area contributed by atoms with Crippen molar-refractivity contribution in [3.63, 3.8) is 0 Å². The van der Waals surface area contributed by atoms with Crippen LogP contribution in [0, 0.1) is 21.4 Å². The highest BCUT2D eigenvalue weighted by Crippen LogP contribution is 2.22. The number of benzene rings is 2. The summed E-state index contributed by atoms with van der Waals surface area (Å²) >= 11 is 0. The van der Waals surface area contributed by atoms with Crippen molar-refractivity contribution in [2.45, 2.75) is 6.92 Å². The van der Waals surface area contributed by atoms with Gasteiger partial charge in [-0.25, -0.2) is 4.79 Å². The topological polar surface area (TPSA) is 143 Å². The molecule has 0 aromatic heterocycles. The van der Waals surface area contributed by atoms with Crippen molar-refractivity contribution >= 4 is 29.3 Å². The fourth-order valence-electron chi connectivity index (χ4n) is 2.30. The van der Waals surface area contributed by atoms with Gasteiger partial charge in [0.05, 0.1) is 11.5 Å². The van der Waals surface area contributed by atoms with E-state index in [9.17, 15) is 30.1 Å². The lowest BCUT2D eigenvalue weighted by atomic mass is 10.1. The number of non-ortho nitro benzene ring substituents is 1. The fourth-order valence-corrected chi connectivity index (χ4v) is 2.30. The van der Waals surface area contributed by atoms with Gasteiger partial charge in [-0.05, 0) is 36.8 Å². The third kappa shape index (κ3) is 4.92. The first-order valence-electron chi connectivity index (χ1n) is 8.03. The molecule has 2 aromatic carbocycles. The lowest BCUT2D eigenvalue weighted by Gasteiger charge is -2.08. The Hall–Kier alpha value is -4.19. The molecule has 142 valence electrons. The summed E-state index contributed by atoms with van der Waals surface area (Å²) in [7, 11) is 0. The molecule has 0 radical (unpaired) electrons. The lowest BCUT2D eigenvalue weighted by Crippen LogP contribution is -2.13. The van der Waals surface area contributed by atoms with E-state index in [4.69, 9.17) is 4.74 Å². The van der Waals surface area contributed by atoms with Crippen LogP contribution >= 0.6 is 0 Å². The molecule has 28 heavy (non-hydrogen) atoms. The van der Waals surface area contributed by atoms with Crippen LogP contribution < -0.4 is 10.1 Å². The molecule has 2 N–H and O–H groups in total. The molecule has 1 amide bonds. The Bertz CT molecular complexity index is 1010. The number of carboxylic acids is 1. The van der Waals surface area contributed by atoms with Crippen molar-refractivity contribution in [1.29, 1.82) is 5.26 Å². The summed E-state index contributed by atoms with van der Waals surface area (Å²) in [5.41, 5.74) is -0.151. The minimum absolute atomic E-state index is 0.105. The van der Waals surface area contributed by atoms with E-state index in [1.54, 1.807) is 13.0 Å². The highest BCUT2D eigenvalue weighted by molar-refractivity contribution is 6.09. The van der Waals surface area contributed by atoms with Crippen LogP contribution in [0.5, 0.6) is 5.75 Å². The average molecular weight is 381 g/mol. The molecular weight excluding hydrogens is 366 g/mol. The van der Waals surface area contributed by atoms with Crippen LogP contribution in [0.4, 0.5) is 11.4 Å². The van der Waals surface area contributed by atoms with E-state index < -0.39 is 16.8 Å². The van der Waals surface area contributed by atoms with Crippen LogP contribution in [-0.4, -0.2) is 28.5 Å². The predicted molar refractivity (Wildman–Crippen MR) is 99.9 cm³/mol. The van der Waals surface area contributed by atoms with Crippen molar-refractivity contribution in [2.75, 3.05) is 11.9 Å². The van der Waals surface area contributed by atoms with Crippen molar-refractivity contribution in [3.8, 4) is 11.8 Å². The molecule has 9 heteroatoms. The van der Waals surface area contributed by atoms with E-state index in [-0.39, 0.29) is 34.9 Å². The number of carbonyl (C=O) groups is 2. The molecule has 0 saturated carbocycles. The molecule has 0 fully saturated rings. The maximum Gasteiger partial charge on any atom is 0.339 e. The zero-order valence-electron chi connectivity index (χ0n) is 14.7. The quantitative estimate of drug-likeness (QED) is 0.324. The van der Waals surface area contributed by atoms with Gasteiger partial charge in [0.15, 0.2) is 0 Å². The van der Waals surface area contributed by atoms with Gasteiger partial charge in [-0.3, -0.25) is 14.9 Å². The van der Waals surface area contributed by atoms with Gasteiger partial charge < -0.3 is 15.2 Å². The SMILES string of the molecule is CCOc1ccc(/C=C(\C#N)C(=O)Nc2cccc([N+](=O)[O-])c2)cc1C(=O)O. The normalized spacial score (nSPS) is 10.6. The number of carbonyl (C=O) groups excluding carboxylic acids is 1. The number of aromatic carboxylic acids is 1. The maximum absolute atomic E-state index is 12.3. The Balaban J connectivity index is 2.30. The number of nitro groups is 1. The largest absolute Gasteiger partial charge is 0.493 e. The van der Waals surface area contributed by atoms with E-state index in [0.717, 1.165) is 6.07 Å². The predicted octanol–water partition coefficient (Wildman–Crippen LogP) is 3.24. The Morgan fingerprint density at radius 1 is 1.32 bits per heavy atom. The number of nitrogens with one attached hydrogen (secondary N) is 1. The van der Waals surface area contributed by atoms with Crippen LogP contribution in [0.15, 0.2) is 48.0 Å². The number of anilines is 1. The second-order valence-corrected chi connectivity index (χ2v) is 5.43. The van der Waals surface area contributed by atoms with E-state index in [1.807, 2.05) is 0 Å². The van der Waals surface area contributed by atoms with Gasteiger partial charge in [0.25, 0.3) is 11.6 Å². The molecule has 0 unspecified atom stereocenters. The molecule has 9 nitrogen and oxygen atoms in total. The van der Waals surface area contributed by atoms with Crippen LogP contribution in [0.2, 0.25) is 0 Å². The van der Waals surface area contributed by atoms with Gasteiger partial charge in [-0.1, -0.05) is 12.1 Å². The first-order chi connectivity index (χ1) is 13.3. The zero-order valence-corrected chi connectivity index (χ0v) is 14.7. The molecule has 2 rings (SSSR count). The summed E-state index contributed by atoms with van der Waals surface area (Å²) in [6, 6.07) is 11.2. The Morgan fingerprint density at radius 2 is 2.07 bits per heavy atom. The molecule has 0 atom stereocenters. The first kappa shape index (κ1) is 20.1. The smallest absolute Gasteiger partial charge is 0.339 e. The molecule has 0 aliphatic carbocycles. The zero-order chi connectivity index (χ0) is 20.7. The summed E-state index contributed by atoms with van der Waals surface area (Å²) in [5, 5.41) is 31.8. The lowest BCUT2D eigenvalue weighted by molar-refractivity contribution is -0.384. The second-order valence-electron chi connectivity index (χ2n) is 5.43. The van der Waals surface area contributed by atoms with Crippen LogP contribution in [0.1, 0.15) is 22.8 Å². The minimum atomic E-state index is -1.21. The molecule has 2 aromatic rings. The van der Waals surface area contributed by atoms with Gasteiger partial charge in [-0.2, -0.15) is 5.26 Å². The summed E-state index contributed by atoms with van der Waals surface area (Å²) in [4.78, 5) is 33.9. The number of hydrogen-bond acceptors (Lipinski definition) is 6. The third-order valence-corrected chi connectivity index (χ3v) is 3.52. The van der Waals surface area contributed by atoms with Gasteiger partial charge in [0, 0.05) is 17.8 Å². The van der Waals surface area contributed by atoms with Crippen molar-refractivity contribution in [3.05, 3.63) is 69.3 Å². The number of hydrogen-bond donors (Lipinski definition) is 2. The number of rotatable bonds is 7. The summed E-state index contributed by atoms with van der Waals surface area (Å²) in [6.45, 7) is 2.00. The minimum Gasteiger partial charge on any atom is -0.493 e. The third-order valence-electron chi connectivity index (χ3n) is 3.52. The van der Waals surface area contributed by atoms with Crippen LogP contribution in [0.25, 0.3) is 6.08 Å². The van der Waals surface area contributed by atoms with Gasteiger partial charge in [0.2, 0.25) is 0 Å². The molecule has 0 heterocycles. The highest BCUT2D eigenvalue weighted by Gasteiger charge is 2.15. The van der Waals surface area contributed by atoms with Crippen LogP contribution in [-0.2, 0) is 4.79 Å². The Morgan fingerprint density at radius 3 is 2.68 bits per heavy atom. The number of ether oxygens (including phenoxy) is 1. The molecule has 0 spiro atoms. The molecule has 0 aliphatic heterocycles. The van der Waals surface area contributed by atoms with Crippen LogP contribution in [0.3, 0.4) is 0 Å². The number of nitrogens with zero attached hydrogens (tertiary/aromatic N) is 2. The molecule has 0 saturated heterocycles. The van der Waals surface area contributed by atoms with E-state index >= 15 is 0 Å². The average Bonchev–Trinajstić information content (AvgIpc) is 2.67. The monoisotopic (exact) mass is 381 g/mol. The van der Waals surface area contributed by atoms with Gasteiger partial charge in [0.1, 0.15) is 23.0 Å². The Labute approximate surface area is 159 Å². The van der Waals surface area contributed by atoms with Crippen molar-refractivity contribution in [1.82, 2.24) is 0 Å². The van der Waals surface area contributed by atoms with E-state index in [0.29, 0.717) is 5.56 Å². The molecular formula is C19H15N3O6. The number of nitro benzene ring substituents is 1. The maximum atomic E-state index is 12.3. The van der Waals surface area contributed by atoms with Crippen molar-refractivity contribution in [2.24, 2.45) is 0 Å². The molecule has 0 aliphatic rings. The van der Waals surface area contributed by atoms with E-state index in [1.165, 1.54) is 42.5 Å². The van der Waals surface area contributed by atoms with E-state index in [2.05, 4.69) is 5.32 Å². The fraction of sp³-hybridized carbons (Fsp3) is 0.105. The second kappa shape index (κ2) is 8.95. The first-order valence-corrected chi connectivity index (χ1v) is 8.03. The van der Waals surface area contributed by atoms with Gasteiger partial charge >= 0.3 is 5.97 Å². The number of nitriles is 1. The molecule has 0 bridgehead atoms. The number of amides is 1. The number of carboxylic acid groups (broad SMARTS) is 1.